The standard InChI is InChI=1S/C13H18N2O3/c1-8(2)11(14)12(16)15-10-6-4-9(5-7-10)13(17)18-3/h4-8,11H,14H2,1-3H3,(H,15,16)/t11-/m0/s1. The third-order valence-corrected chi connectivity index (χ3v) is 2.59. The zero-order chi connectivity index (χ0) is 13.7. The SMILES string of the molecule is COC(=O)c1ccc(NC(=O)[C@@H](N)C(C)C)cc1. The monoisotopic (exact) mass is 250 g/mol. The van der Waals surface area contributed by atoms with Gasteiger partial charge in [-0.2, -0.15) is 0 Å². The molecule has 1 amide bonds. The van der Waals surface area contributed by atoms with E-state index in [-0.39, 0.29) is 11.8 Å². The molecule has 0 fully saturated rings. The largest absolute Gasteiger partial charge is 0.465 e. The smallest absolute Gasteiger partial charge is 0.337 e. The number of rotatable bonds is 4. The van der Waals surface area contributed by atoms with Gasteiger partial charge in [-0.25, -0.2) is 4.79 Å². The Labute approximate surface area is 106 Å². The number of hydrogen-bond donors (Lipinski definition) is 2. The Kier molecular flexibility index (Phi) is 4.85. The highest BCUT2D eigenvalue weighted by Gasteiger charge is 2.17. The molecule has 0 saturated heterocycles. The quantitative estimate of drug-likeness (QED) is 0.791. The van der Waals surface area contributed by atoms with Crippen molar-refractivity contribution in [2.24, 2.45) is 11.7 Å². The first-order valence-electron chi connectivity index (χ1n) is 5.70. The molecule has 5 heteroatoms. The summed E-state index contributed by atoms with van der Waals surface area (Å²) in [4.78, 5) is 22.9. The lowest BCUT2D eigenvalue weighted by Crippen LogP contribution is -2.39. The third-order valence-electron chi connectivity index (χ3n) is 2.59. The summed E-state index contributed by atoms with van der Waals surface area (Å²) in [6.45, 7) is 3.76. The minimum Gasteiger partial charge on any atom is -0.465 e. The van der Waals surface area contributed by atoms with Gasteiger partial charge >= 0.3 is 5.97 Å². The normalized spacial score (nSPS) is 12.1. The van der Waals surface area contributed by atoms with Crippen LogP contribution in [0.1, 0.15) is 24.2 Å². The van der Waals surface area contributed by atoms with Crippen LogP contribution in [0.15, 0.2) is 24.3 Å². The number of anilines is 1. The number of hydrogen-bond acceptors (Lipinski definition) is 4. The molecule has 0 aromatic heterocycles. The summed E-state index contributed by atoms with van der Waals surface area (Å²) in [6.07, 6.45) is 0. The van der Waals surface area contributed by atoms with Crippen LogP contribution in [-0.2, 0) is 9.53 Å². The zero-order valence-corrected chi connectivity index (χ0v) is 10.8. The summed E-state index contributed by atoms with van der Waals surface area (Å²) in [5, 5.41) is 2.69. The first-order chi connectivity index (χ1) is 8.45. The highest BCUT2D eigenvalue weighted by atomic mass is 16.5. The van der Waals surface area contributed by atoms with E-state index in [2.05, 4.69) is 10.1 Å². The molecule has 1 aromatic carbocycles. The second kappa shape index (κ2) is 6.16. The maximum Gasteiger partial charge on any atom is 0.337 e. The van der Waals surface area contributed by atoms with E-state index in [4.69, 9.17) is 5.73 Å². The first kappa shape index (κ1) is 14.2. The Morgan fingerprint density at radius 3 is 2.22 bits per heavy atom. The average molecular weight is 250 g/mol. The molecule has 3 N–H and O–H groups in total. The van der Waals surface area contributed by atoms with Gasteiger partial charge in [-0.15, -0.1) is 0 Å². The predicted molar refractivity (Wildman–Crippen MR) is 69.2 cm³/mol. The van der Waals surface area contributed by atoms with Gasteiger partial charge in [0.25, 0.3) is 0 Å². The Morgan fingerprint density at radius 2 is 1.78 bits per heavy atom. The molecule has 1 rings (SSSR count). The molecule has 1 aromatic rings. The molecule has 0 radical (unpaired) electrons. The summed E-state index contributed by atoms with van der Waals surface area (Å²) in [6, 6.07) is 5.89. The summed E-state index contributed by atoms with van der Waals surface area (Å²) in [5.41, 5.74) is 6.76. The van der Waals surface area contributed by atoms with E-state index in [1.54, 1.807) is 24.3 Å². The van der Waals surface area contributed by atoms with Crippen molar-refractivity contribution in [3.05, 3.63) is 29.8 Å². The van der Waals surface area contributed by atoms with E-state index < -0.39 is 12.0 Å². The number of carbonyl (C=O) groups excluding carboxylic acids is 2. The van der Waals surface area contributed by atoms with Crippen LogP contribution in [-0.4, -0.2) is 25.0 Å². The number of methoxy groups -OCH3 is 1. The van der Waals surface area contributed by atoms with Crippen LogP contribution >= 0.6 is 0 Å². The number of amides is 1. The number of esters is 1. The van der Waals surface area contributed by atoms with Crippen molar-refractivity contribution in [2.75, 3.05) is 12.4 Å². The molecule has 0 spiro atoms. The molecular formula is C13H18N2O3. The van der Waals surface area contributed by atoms with Crippen LogP contribution in [0.2, 0.25) is 0 Å². The van der Waals surface area contributed by atoms with Crippen LogP contribution in [0.5, 0.6) is 0 Å². The van der Waals surface area contributed by atoms with E-state index in [9.17, 15) is 9.59 Å². The van der Waals surface area contributed by atoms with Crippen molar-refractivity contribution in [2.45, 2.75) is 19.9 Å². The van der Waals surface area contributed by atoms with Gasteiger partial charge < -0.3 is 15.8 Å². The first-order valence-corrected chi connectivity index (χ1v) is 5.70. The lowest BCUT2D eigenvalue weighted by molar-refractivity contribution is -0.118. The van der Waals surface area contributed by atoms with Gasteiger partial charge in [0.2, 0.25) is 5.91 Å². The summed E-state index contributed by atoms with van der Waals surface area (Å²) < 4.78 is 4.58. The molecule has 5 nitrogen and oxygen atoms in total. The summed E-state index contributed by atoms with van der Waals surface area (Å²) >= 11 is 0. The lowest BCUT2D eigenvalue weighted by atomic mass is 10.0. The highest BCUT2D eigenvalue weighted by molar-refractivity contribution is 5.95. The molecule has 0 bridgehead atoms. The van der Waals surface area contributed by atoms with Crippen molar-refractivity contribution in [3.63, 3.8) is 0 Å². The molecule has 0 aliphatic carbocycles. The Bertz CT molecular complexity index is 426. The molecule has 18 heavy (non-hydrogen) atoms. The van der Waals surface area contributed by atoms with Crippen molar-refractivity contribution in [3.8, 4) is 0 Å². The fraction of sp³-hybridized carbons (Fsp3) is 0.385. The van der Waals surface area contributed by atoms with Gasteiger partial charge in [0.1, 0.15) is 0 Å². The van der Waals surface area contributed by atoms with Gasteiger partial charge in [0, 0.05) is 5.69 Å². The number of ether oxygens (including phenoxy) is 1. The van der Waals surface area contributed by atoms with Gasteiger partial charge in [0.05, 0.1) is 18.7 Å². The molecule has 1 atom stereocenters. The minimum absolute atomic E-state index is 0.0688. The van der Waals surface area contributed by atoms with Crippen LogP contribution in [0.4, 0.5) is 5.69 Å². The average Bonchev–Trinajstić information content (AvgIpc) is 2.37. The van der Waals surface area contributed by atoms with E-state index in [0.717, 1.165) is 0 Å². The van der Waals surface area contributed by atoms with Crippen molar-refractivity contribution < 1.29 is 14.3 Å². The van der Waals surface area contributed by atoms with Gasteiger partial charge in [-0.3, -0.25) is 4.79 Å². The predicted octanol–water partition coefficient (Wildman–Crippen LogP) is 1.39. The second-order valence-electron chi connectivity index (χ2n) is 4.33. The molecule has 98 valence electrons. The fourth-order valence-electron chi connectivity index (χ4n) is 1.34. The summed E-state index contributed by atoms with van der Waals surface area (Å²) in [7, 11) is 1.32. The lowest BCUT2D eigenvalue weighted by Gasteiger charge is -2.15. The van der Waals surface area contributed by atoms with Gasteiger partial charge in [0.15, 0.2) is 0 Å². The van der Waals surface area contributed by atoms with Crippen molar-refractivity contribution >= 4 is 17.6 Å². The number of nitrogens with two attached hydrogens (primary N) is 1. The van der Waals surface area contributed by atoms with Gasteiger partial charge in [-0.05, 0) is 30.2 Å². The molecule has 0 aliphatic rings. The van der Waals surface area contributed by atoms with Crippen LogP contribution < -0.4 is 11.1 Å². The van der Waals surface area contributed by atoms with E-state index >= 15 is 0 Å². The van der Waals surface area contributed by atoms with Crippen LogP contribution in [0, 0.1) is 5.92 Å². The van der Waals surface area contributed by atoms with Crippen LogP contribution in [0.25, 0.3) is 0 Å². The number of nitrogens with one attached hydrogen (secondary N) is 1. The zero-order valence-electron chi connectivity index (χ0n) is 10.8. The van der Waals surface area contributed by atoms with E-state index in [1.807, 2.05) is 13.8 Å². The highest BCUT2D eigenvalue weighted by Crippen LogP contribution is 2.11. The van der Waals surface area contributed by atoms with Crippen LogP contribution in [0.3, 0.4) is 0 Å². The van der Waals surface area contributed by atoms with Crippen molar-refractivity contribution in [1.29, 1.82) is 0 Å². The molecule has 0 unspecified atom stereocenters. The molecule has 0 heterocycles. The molecule has 0 aliphatic heterocycles. The second-order valence-corrected chi connectivity index (χ2v) is 4.33. The Hall–Kier alpha value is -1.88. The number of carbonyl (C=O) groups is 2. The maximum absolute atomic E-state index is 11.7. The Morgan fingerprint density at radius 1 is 1.22 bits per heavy atom. The topological polar surface area (TPSA) is 81.4 Å². The third kappa shape index (κ3) is 3.56. The van der Waals surface area contributed by atoms with Crippen molar-refractivity contribution in [1.82, 2.24) is 0 Å². The molecular weight excluding hydrogens is 232 g/mol. The maximum atomic E-state index is 11.7. The number of benzene rings is 1. The van der Waals surface area contributed by atoms with Gasteiger partial charge in [-0.1, -0.05) is 13.8 Å². The minimum atomic E-state index is -0.551. The molecule has 0 saturated carbocycles. The fourth-order valence-corrected chi connectivity index (χ4v) is 1.34. The van der Waals surface area contributed by atoms with E-state index in [1.165, 1.54) is 7.11 Å². The summed E-state index contributed by atoms with van der Waals surface area (Å²) in [5.74, 6) is -0.582. The van der Waals surface area contributed by atoms with E-state index in [0.29, 0.717) is 11.3 Å². The Balaban J connectivity index is 2.69.